The number of ether oxygens (including phenoxy) is 1. The third-order valence-corrected chi connectivity index (χ3v) is 3.43. The monoisotopic (exact) mass is 308 g/mol. The van der Waals surface area contributed by atoms with E-state index in [0.29, 0.717) is 31.1 Å². The van der Waals surface area contributed by atoms with Gasteiger partial charge in [-0.2, -0.15) is 15.0 Å². The van der Waals surface area contributed by atoms with Crippen LogP contribution < -0.4 is 15.4 Å². The smallest absolute Gasteiger partial charge is 0.323 e. The maximum atomic E-state index is 5.45. The zero-order valence-electron chi connectivity index (χ0n) is 12.5. The number of aryl methyl sites for hydroxylation is 1. The number of nitrogens with zero attached hydrogens (tertiary/aromatic N) is 4. The molecule has 0 fully saturated rings. The lowest BCUT2D eigenvalue weighted by Crippen LogP contribution is -2.12. The van der Waals surface area contributed by atoms with Crippen LogP contribution in [-0.2, 0) is 6.42 Å². The molecule has 2 rings (SSSR count). The average molecular weight is 308 g/mol. The Morgan fingerprint density at radius 3 is 2.67 bits per heavy atom. The van der Waals surface area contributed by atoms with Gasteiger partial charge in [0.05, 0.1) is 17.3 Å². The van der Waals surface area contributed by atoms with Gasteiger partial charge < -0.3 is 15.4 Å². The highest BCUT2D eigenvalue weighted by Gasteiger charge is 2.06. The van der Waals surface area contributed by atoms with E-state index >= 15 is 0 Å². The topological polar surface area (TPSA) is 84.9 Å². The SMILES string of the molecule is CCCOc1nc(NC)nc(NCCc2csc(C)n2)n1. The number of nitrogens with one attached hydrogen (secondary N) is 2. The number of hydrogen-bond acceptors (Lipinski definition) is 8. The van der Waals surface area contributed by atoms with Crippen LogP contribution in [-0.4, -0.2) is 40.1 Å². The first-order valence-corrected chi connectivity index (χ1v) is 7.80. The van der Waals surface area contributed by atoms with Crippen molar-refractivity contribution in [1.29, 1.82) is 0 Å². The lowest BCUT2D eigenvalue weighted by molar-refractivity contribution is 0.292. The van der Waals surface area contributed by atoms with Gasteiger partial charge >= 0.3 is 6.01 Å². The highest BCUT2D eigenvalue weighted by Crippen LogP contribution is 2.12. The van der Waals surface area contributed by atoms with Gasteiger partial charge in [-0.05, 0) is 13.3 Å². The molecule has 0 bridgehead atoms. The Labute approximate surface area is 128 Å². The summed E-state index contributed by atoms with van der Waals surface area (Å²) in [5.41, 5.74) is 1.08. The van der Waals surface area contributed by atoms with Gasteiger partial charge in [0.1, 0.15) is 0 Å². The molecule has 2 aromatic rings. The largest absolute Gasteiger partial charge is 0.463 e. The van der Waals surface area contributed by atoms with Crippen LogP contribution >= 0.6 is 11.3 Å². The molecule has 0 atom stereocenters. The van der Waals surface area contributed by atoms with Gasteiger partial charge in [-0.1, -0.05) is 6.92 Å². The summed E-state index contributed by atoms with van der Waals surface area (Å²) < 4.78 is 5.45. The van der Waals surface area contributed by atoms with Gasteiger partial charge in [0.15, 0.2) is 0 Å². The van der Waals surface area contributed by atoms with Crippen molar-refractivity contribution in [2.24, 2.45) is 0 Å². The van der Waals surface area contributed by atoms with E-state index in [2.05, 4.69) is 35.9 Å². The van der Waals surface area contributed by atoms with Crippen molar-refractivity contribution in [3.05, 3.63) is 16.1 Å². The van der Waals surface area contributed by atoms with E-state index in [1.807, 2.05) is 13.8 Å². The third-order valence-electron chi connectivity index (χ3n) is 2.60. The van der Waals surface area contributed by atoms with Crippen molar-refractivity contribution >= 4 is 23.2 Å². The second-order valence-corrected chi connectivity index (χ2v) is 5.46. The molecule has 2 aromatic heterocycles. The van der Waals surface area contributed by atoms with Crippen molar-refractivity contribution in [3.63, 3.8) is 0 Å². The van der Waals surface area contributed by atoms with Gasteiger partial charge in [-0.15, -0.1) is 11.3 Å². The maximum Gasteiger partial charge on any atom is 0.323 e. The van der Waals surface area contributed by atoms with Gasteiger partial charge in [0.2, 0.25) is 11.9 Å². The van der Waals surface area contributed by atoms with Crippen LogP contribution in [0.4, 0.5) is 11.9 Å². The minimum Gasteiger partial charge on any atom is -0.463 e. The zero-order valence-corrected chi connectivity index (χ0v) is 13.3. The molecular weight excluding hydrogens is 288 g/mol. The van der Waals surface area contributed by atoms with E-state index < -0.39 is 0 Å². The standard InChI is InChI=1S/C13H20N6OS/c1-4-7-20-13-18-11(14-3)17-12(19-13)15-6-5-10-8-21-9(2)16-10/h8H,4-7H2,1-3H3,(H2,14,15,17,18,19). The molecule has 7 nitrogen and oxygen atoms in total. The first-order valence-electron chi connectivity index (χ1n) is 6.92. The van der Waals surface area contributed by atoms with E-state index in [9.17, 15) is 0 Å². The predicted molar refractivity (Wildman–Crippen MR) is 84.2 cm³/mol. The fraction of sp³-hybridized carbons (Fsp3) is 0.538. The number of rotatable bonds is 8. The minimum absolute atomic E-state index is 0.336. The summed E-state index contributed by atoms with van der Waals surface area (Å²) in [6, 6.07) is 0.336. The first-order chi connectivity index (χ1) is 10.2. The van der Waals surface area contributed by atoms with Crippen molar-refractivity contribution in [3.8, 4) is 6.01 Å². The molecule has 0 aliphatic rings. The van der Waals surface area contributed by atoms with Gasteiger partial charge in [0.25, 0.3) is 0 Å². The number of thiazole rings is 1. The maximum absolute atomic E-state index is 5.45. The molecule has 114 valence electrons. The average Bonchev–Trinajstić information content (AvgIpc) is 2.90. The van der Waals surface area contributed by atoms with Crippen LogP contribution in [0.15, 0.2) is 5.38 Å². The number of aromatic nitrogens is 4. The van der Waals surface area contributed by atoms with Gasteiger partial charge in [-0.3, -0.25) is 0 Å². The molecule has 0 saturated carbocycles. The fourth-order valence-electron chi connectivity index (χ4n) is 1.63. The van der Waals surface area contributed by atoms with Crippen molar-refractivity contribution in [1.82, 2.24) is 19.9 Å². The van der Waals surface area contributed by atoms with E-state index in [1.54, 1.807) is 18.4 Å². The van der Waals surface area contributed by atoms with Crippen LogP contribution in [0.5, 0.6) is 6.01 Å². The quantitative estimate of drug-likeness (QED) is 0.772. The van der Waals surface area contributed by atoms with Crippen molar-refractivity contribution < 1.29 is 4.74 Å². The first kappa shape index (κ1) is 15.4. The van der Waals surface area contributed by atoms with E-state index in [0.717, 1.165) is 23.5 Å². The van der Waals surface area contributed by atoms with Crippen molar-refractivity contribution in [2.45, 2.75) is 26.7 Å². The Balaban J connectivity index is 1.94. The third kappa shape index (κ3) is 4.82. The molecule has 0 aliphatic heterocycles. The Hall–Kier alpha value is -1.96. The molecule has 2 heterocycles. The predicted octanol–water partition coefficient (Wildman–Crippen LogP) is 2.12. The normalized spacial score (nSPS) is 10.4. The van der Waals surface area contributed by atoms with E-state index in [1.165, 1.54) is 0 Å². The Morgan fingerprint density at radius 2 is 2.00 bits per heavy atom. The molecule has 2 N–H and O–H groups in total. The van der Waals surface area contributed by atoms with Crippen LogP contribution in [0.1, 0.15) is 24.0 Å². The second-order valence-electron chi connectivity index (χ2n) is 4.40. The van der Waals surface area contributed by atoms with E-state index in [-0.39, 0.29) is 0 Å². The van der Waals surface area contributed by atoms with E-state index in [4.69, 9.17) is 4.74 Å². The summed E-state index contributed by atoms with van der Waals surface area (Å²) in [5, 5.41) is 9.23. The number of anilines is 2. The summed E-state index contributed by atoms with van der Waals surface area (Å²) in [5.74, 6) is 0.996. The lowest BCUT2D eigenvalue weighted by atomic mass is 10.3. The lowest BCUT2D eigenvalue weighted by Gasteiger charge is -2.08. The molecule has 0 aromatic carbocycles. The molecule has 0 radical (unpaired) electrons. The molecule has 0 spiro atoms. The van der Waals surface area contributed by atoms with Gasteiger partial charge in [0, 0.05) is 25.4 Å². The molecule has 8 heteroatoms. The van der Waals surface area contributed by atoms with Gasteiger partial charge in [-0.25, -0.2) is 4.98 Å². The van der Waals surface area contributed by atoms with Crippen molar-refractivity contribution in [2.75, 3.05) is 30.8 Å². The summed E-state index contributed by atoms with van der Waals surface area (Å²) >= 11 is 1.66. The van der Waals surface area contributed by atoms with Crippen LogP contribution in [0.2, 0.25) is 0 Å². The Kier molecular flexibility index (Phi) is 5.68. The minimum atomic E-state index is 0.336. The summed E-state index contributed by atoms with van der Waals surface area (Å²) in [4.78, 5) is 17.1. The molecule has 0 unspecified atom stereocenters. The zero-order chi connectivity index (χ0) is 15.1. The van der Waals surface area contributed by atoms with Crippen LogP contribution in [0, 0.1) is 6.92 Å². The second kappa shape index (κ2) is 7.72. The Bertz CT molecular complexity index is 574. The molecule has 0 saturated heterocycles. The molecular formula is C13H20N6OS. The number of hydrogen-bond donors (Lipinski definition) is 2. The fourth-order valence-corrected chi connectivity index (χ4v) is 2.28. The molecule has 21 heavy (non-hydrogen) atoms. The van der Waals surface area contributed by atoms with Crippen LogP contribution in [0.25, 0.3) is 0 Å². The summed E-state index contributed by atoms with van der Waals surface area (Å²) in [6.07, 6.45) is 1.74. The molecule has 0 amide bonds. The van der Waals surface area contributed by atoms with Crippen LogP contribution in [0.3, 0.4) is 0 Å². The highest BCUT2D eigenvalue weighted by molar-refractivity contribution is 7.09. The molecule has 0 aliphatic carbocycles. The Morgan fingerprint density at radius 1 is 1.19 bits per heavy atom. The summed E-state index contributed by atoms with van der Waals surface area (Å²) in [6.45, 7) is 5.34. The highest BCUT2D eigenvalue weighted by atomic mass is 32.1. The summed E-state index contributed by atoms with van der Waals surface area (Å²) in [7, 11) is 1.76.